The van der Waals surface area contributed by atoms with E-state index in [4.69, 9.17) is 5.73 Å². The fourth-order valence-electron chi connectivity index (χ4n) is 2.21. The normalized spacial score (nSPS) is 12.6. The van der Waals surface area contributed by atoms with Gasteiger partial charge in [-0.1, -0.05) is 73.5 Å². The van der Waals surface area contributed by atoms with Crippen LogP contribution in [0.25, 0.3) is 0 Å². The van der Waals surface area contributed by atoms with E-state index in [1.165, 1.54) is 44.1 Å². The van der Waals surface area contributed by atoms with Gasteiger partial charge in [-0.3, -0.25) is 0 Å². The van der Waals surface area contributed by atoms with Gasteiger partial charge >= 0.3 is 0 Å². The van der Waals surface area contributed by atoms with Crippen LogP contribution in [0, 0.1) is 0 Å². The molecular formula is C16H26BrN. The molecule has 0 fully saturated rings. The topological polar surface area (TPSA) is 26.0 Å². The summed E-state index contributed by atoms with van der Waals surface area (Å²) in [6, 6.07) is 8.81. The molecule has 0 amide bonds. The molecule has 0 aliphatic rings. The monoisotopic (exact) mass is 311 g/mol. The van der Waals surface area contributed by atoms with Crippen molar-refractivity contribution in [3.8, 4) is 0 Å². The van der Waals surface area contributed by atoms with Crippen molar-refractivity contribution in [2.24, 2.45) is 5.73 Å². The zero-order chi connectivity index (χ0) is 13.2. The van der Waals surface area contributed by atoms with Crippen molar-refractivity contribution < 1.29 is 0 Å². The van der Waals surface area contributed by atoms with Crippen LogP contribution in [-0.2, 0) is 6.42 Å². The first-order valence-corrected chi connectivity index (χ1v) is 8.01. The fourth-order valence-corrected chi connectivity index (χ4v) is 2.48. The Morgan fingerprint density at radius 3 is 2.28 bits per heavy atom. The highest BCUT2D eigenvalue weighted by Gasteiger charge is 2.03. The van der Waals surface area contributed by atoms with Crippen molar-refractivity contribution in [3.63, 3.8) is 0 Å². The molecule has 0 aliphatic carbocycles. The summed E-state index contributed by atoms with van der Waals surface area (Å²) in [5.41, 5.74) is 7.52. The minimum Gasteiger partial charge on any atom is -0.327 e. The third kappa shape index (κ3) is 7.17. The maximum absolute atomic E-state index is 6.17. The molecule has 2 N–H and O–H groups in total. The Hall–Kier alpha value is -0.340. The molecule has 1 aromatic carbocycles. The van der Waals surface area contributed by atoms with Crippen molar-refractivity contribution in [3.05, 3.63) is 34.3 Å². The second-order valence-corrected chi connectivity index (χ2v) is 6.06. The largest absolute Gasteiger partial charge is 0.327 e. The van der Waals surface area contributed by atoms with Gasteiger partial charge in [-0.25, -0.2) is 0 Å². The van der Waals surface area contributed by atoms with Crippen LogP contribution >= 0.6 is 15.9 Å². The lowest BCUT2D eigenvalue weighted by Crippen LogP contribution is -2.22. The van der Waals surface area contributed by atoms with Gasteiger partial charge in [0.1, 0.15) is 0 Å². The Labute approximate surface area is 120 Å². The third-order valence-electron chi connectivity index (χ3n) is 3.34. The van der Waals surface area contributed by atoms with Crippen molar-refractivity contribution in [1.29, 1.82) is 0 Å². The summed E-state index contributed by atoms with van der Waals surface area (Å²) < 4.78 is 1.13. The number of benzene rings is 1. The molecule has 1 nitrogen and oxygen atoms in total. The zero-order valence-corrected chi connectivity index (χ0v) is 13.1. The van der Waals surface area contributed by atoms with E-state index in [9.17, 15) is 0 Å². The van der Waals surface area contributed by atoms with E-state index in [1.807, 2.05) is 0 Å². The van der Waals surface area contributed by atoms with Crippen LogP contribution in [0.1, 0.15) is 57.4 Å². The van der Waals surface area contributed by atoms with Gasteiger partial charge in [-0.15, -0.1) is 0 Å². The highest BCUT2D eigenvalue weighted by Crippen LogP contribution is 2.14. The molecule has 0 saturated carbocycles. The molecule has 0 saturated heterocycles. The summed E-state index contributed by atoms with van der Waals surface area (Å²) >= 11 is 3.45. The Morgan fingerprint density at radius 1 is 1.00 bits per heavy atom. The fraction of sp³-hybridized carbons (Fsp3) is 0.625. The van der Waals surface area contributed by atoms with Gasteiger partial charge in [0.15, 0.2) is 0 Å². The molecule has 18 heavy (non-hydrogen) atoms. The van der Waals surface area contributed by atoms with Gasteiger partial charge in [-0.05, 0) is 30.5 Å². The smallest absolute Gasteiger partial charge is 0.0175 e. The molecule has 0 aromatic heterocycles. The quantitative estimate of drug-likeness (QED) is 0.633. The van der Waals surface area contributed by atoms with Crippen LogP contribution in [0.5, 0.6) is 0 Å². The number of halogens is 1. The first-order valence-electron chi connectivity index (χ1n) is 7.22. The molecule has 2 heteroatoms. The Kier molecular flexibility index (Phi) is 8.36. The molecule has 0 aliphatic heterocycles. The van der Waals surface area contributed by atoms with E-state index < -0.39 is 0 Å². The second kappa shape index (κ2) is 9.57. The number of hydrogen-bond donors (Lipinski definition) is 1. The van der Waals surface area contributed by atoms with Crippen molar-refractivity contribution >= 4 is 15.9 Å². The first kappa shape index (κ1) is 15.7. The molecule has 1 rings (SSSR count). The van der Waals surface area contributed by atoms with Crippen LogP contribution in [0.3, 0.4) is 0 Å². The lowest BCUT2D eigenvalue weighted by Gasteiger charge is -2.11. The Morgan fingerprint density at radius 2 is 1.61 bits per heavy atom. The molecule has 0 bridgehead atoms. The van der Waals surface area contributed by atoms with Crippen LogP contribution < -0.4 is 5.73 Å². The maximum Gasteiger partial charge on any atom is 0.0175 e. The highest BCUT2D eigenvalue weighted by atomic mass is 79.9. The number of rotatable bonds is 9. The third-order valence-corrected chi connectivity index (χ3v) is 3.87. The van der Waals surface area contributed by atoms with E-state index in [0.29, 0.717) is 6.04 Å². The van der Waals surface area contributed by atoms with Gasteiger partial charge in [-0.2, -0.15) is 0 Å². The molecule has 0 spiro atoms. The second-order valence-electron chi connectivity index (χ2n) is 5.15. The summed E-state index contributed by atoms with van der Waals surface area (Å²) in [6.07, 6.45) is 10.2. The van der Waals surface area contributed by atoms with E-state index in [2.05, 4.69) is 47.1 Å². The molecule has 102 valence electrons. The summed E-state index contributed by atoms with van der Waals surface area (Å²) in [5.74, 6) is 0. The predicted molar refractivity (Wildman–Crippen MR) is 83.8 cm³/mol. The predicted octanol–water partition coefficient (Wildman–Crippen LogP) is 5.07. The number of nitrogens with two attached hydrogens (primary N) is 1. The molecule has 0 heterocycles. The standard InChI is InChI=1S/C16H26BrN/c1-2-3-4-5-6-7-8-16(18)13-14-9-11-15(17)12-10-14/h9-12,16H,2-8,13,18H2,1H3. The maximum atomic E-state index is 6.17. The van der Waals surface area contributed by atoms with E-state index in [0.717, 1.165) is 17.3 Å². The Bertz CT molecular complexity index is 307. The van der Waals surface area contributed by atoms with Crippen LogP contribution in [0.15, 0.2) is 28.7 Å². The minimum atomic E-state index is 0.317. The van der Waals surface area contributed by atoms with Crippen LogP contribution in [0.4, 0.5) is 0 Å². The van der Waals surface area contributed by atoms with Gasteiger partial charge in [0, 0.05) is 10.5 Å². The lowest BCUT2D eigenvalue weighted by molar-refractivity contribution is 0.532. The summed E-state index contributed by atoms with van der Waals surface area (Å²) in [7, 11) is 0. The average molecular weight is 312 g/mol. The molecule has 1 unspecified atom stereocenters. The number of unbranched alkanes of at least 4 members (excludes halogenated alkanes) is 5. The average Bonchev–Trinajstić information content (AvgIpc) is 2.36. The number of hydrogen-bond acceptors (Lipinski definition) is 1. The highest BCUT2D eigenvalue weighted by molar-refractivity contribution is 9.10. The van der Waals surface area contributed by atoms with E-state index in [-0.39, 0.29) is 0 Å². The summed E-state index contributed by atoms with van der Waals surface area (Å²) in [4.78, 5) is 0. The van der Waals surface area contributed by atoms with Crippen molar-refractivity contribution in [2.45, 2.75) is 64.3 Å². The summed E-state index contributed by atoms with van der Waals surface area (Å²) in [6.45, 7) is 2.26. The van der Waals surface area contributed by atoms with E-state index in [1.54, 1.807) is 0 Å². The van der Waals surface area contributed by atoms with Gasteiger partial charge in [0.25, 0.3) is 0 Å². The minimum absolute atomic E-state index is 0.317. The lowest BCUT2D eigenvalue weighted by atomic mass is 10.0. The van der Waals surface area contributed by atoms with Crippen molar-refractivity contribution in [2.75, 3.05) is 0 Å². The van der Waals surface area contributed by atoms with Crippen LogP contribution in [0.2, 0.25) is 0 Å². The first-order chi connectivity index (χ1) is 8.72. The molecule has 0 radical (unpaired) electrons. The van der Waals surface area contributed by atoms with E-state index >= 15 is 0 Å². The molecular weight excluding hydrogens is 286 g/mol. The molecule has 1 atom stereocenters. The zero-order valence-electron chi connectivity index (χ0n) is 11.5. The summed E-state index contributed by atoms with van der Waals surface area (Å²) in [5, 5.41) is 0. The van der Waals surface area contributed by atoms with Gasteiger partial charge in [0.2, 0.25) is 0 Å². The Balaban J connectivity index is 2.10. The van der Waals surface area contributed by atoms with Crippen molar-refractivity contribution in [1.82, 2.24) is 0 Å². The van der Waals surface area contributed by atoms with Crippen LogP contribution in [-0.4, -0.2) is 6.04 Å². The van der Waals surface area contributed by atoms with Gasteiger partial charge < -0.3 is 5.73 Å². The molecule has 1 aromatic rings. The SMILES string of the molecule is CCCCCCCCC(N)Cc1ccc(Br)cc1. The van der Waals surface area contributed by atoms with Gasteiger partial charge in [0.05, 0.1) is 0 Å².